The van der Waals surface area contributed by atoms with Gasteiger partial charge in [-0.15, -0.1) is 0 Å². The van der Waals surface area contributed by atoms with Crippen LogP contribution in [0.25, 0.3) is 99.8 Å². The van der Waals surface area contributed by atoms with Crippen LogP contribution >= 0.6 is 0 Å². The number of benzene rings is 9. The molecule has 5 heteroatoms. The normalized spacial score (nSPS) is 11.7. The molecule has 9 aromatic carbocycles. The summed E-state index contributed by atoms with van der Waals surface area (Å²) in [6, 6.07) is 71.7. The van der Waals surface area contributed by atoms with Crippen LogP contribution in [0.5, 0.6) is 0 Å². The van der Waals surface area contributed by atoms with E-state index in [1.807, 2.05) is 60.7 Å². The van der Waals surface area contributed by atoms with Gasteiger partial charge in [0.05, 0.1) is 5.39 Å². The average molecular weight is 771 g/mol. The average Bonchev–Trinajstić information content (AvgIpc) is 4.04. The van der Waals surface area contributed by atoms with Crippen molar-refractivity contribution in [3.8, 4) is 44.8 Å². The molecule has 12 rings (SSSR count). The van der Waals surface area contributed by atoms with Crippen LogP contribution in [0.3, 0.4) is 0 Å². The van der Waals surface area contributed by atoms with Gasteiger partial charge >= 0.3 is 0 Å². The van der Waals surface area contributed by atoms with Crippen LogP contribution in [-0.2, 0) is 0 Å². The summed E-state index contributed by atoms with van der Waals surface area (Å²) in [7, 11) is 0. The number of fused-ring (bicyclic) bond motifs is 8. The Morgan fingerprint density at radius 3 is 1.73 bits per heavy atom. The summed E-state index contributed by atoms with van der Waals surface area (Å²) in [4.78, 5) is 7.23. The van der Waals surface area contributed by atoms with Gasteiger partial charge in [-0.2, -0.15) is 0 Å². The molecule has 12 aromatic rings. The summed E-state index contributed by atoms with van der Waals surface area (Å²) >= 11 is 0. The van der Waals surface area contributed by atoms with Crippen LogP contribution in [0.4, 0.5) is 17.1 Å². The molecule has 60 heavy (non-hydrogen) atoms. The van der Waals surface area contributed by atoms with Gasteiger partial charge in [0, 0.05) is 44.3 Å². The zero-order valence-electron chi connectivity index (χ0n) is 32.2. The molecular weight excluding hydrogens is 737 g/mol. The Hall–Kier alpha value is -8.15. The summed E-state index contributed by atoms with van der Waals surface area (Å²) in [6.07, 6.45) is 0. The van der Waals surface area contributed by atoms with Crippen LogP contribution in [-0.4, -0.2) is 4.98 Å². The van der Waals surface area contributed by atoms with Crippen LogP contribution in [0, 0.1) is 0 Å². The summed E-state index contributed by atoms with van der Waals surface area (Å²) in [5.41, 5.74) is 15.6. The number of anilines is 3. The third-order valence-electron chi connectivity index (χ3n) is 11.5. The maximum atomic E-state index is 6.47. The van der Waals surface area contributed by atoms with Crippen molar-refractivity contribution in [3.05, 3.63) is 206 Å². The van der Waals surface area contributed by atoms with Crippen molar-refractivity contribution < 1.29 is 13.3 Å². The van der Waals surface area contributed by atoms with E-state index in [1.54, 1.807) is 0 Å². The lowest BCUT2D eigenvalue weighted by Crippen LogP contribution is -2.10. The molecule has 0 fully saturated rings. The van der Waals surface area contributed by atoms with Crippen molar-refractivity contribution in [3.63, 3.8) is 0 Å². The van der Waals surface area contributed by atoms with Crippen molar-refractivity contribution in [2.24, 2.45) is 0 Å². The molecule has 0 saturated carbocycles. The molecule has 0 unspecified atom stereocenters. The van der Waals surface area contributed by atoms with E-state index in [2.05, 4.69) is 150 Å². The second-order valence-electron chi connectivity index (χ2n) is 15.1. The lowest BCUT2D eigenvalue weighted by Gasteiger charge is -2.26. The molecule has 0 saturated heterocycles. The quantitative estimate of drug-likeness (QED) is 0.162. The first-order valence-corrected chi connectivity index (χ1v) is 20.1. The van der Waals surface area contributed by atoms with E-state index in [1.165, 1.54) is 11.1 Å². The summed E-state index contributed by atoms with van der Waals surface area (Å²) in [5, 5.41) is 4.20. The van der Waals surface area contributed by atoms with Crippen molar-refractivity contribution in [2.75, 3.05) is 4.90 Å². The molecule has 5 nitrogen and oxygen atoms in total. The second-order valence-corrected chi connectivity index (χ2v) is 15.1. The highest BCUT2D eigenvalue weighted by Crippen LogP contribution is 2.42. The van der Waals surface area contributed by atoms with Gasteiger partial charge in [0.1, 0.15) is 27.8 Å². The standard InChI is InChI=1S/C55H34N2O3/c1-3-11-35(12-4-1)36-21-26-41(27-22-36)57(43-16-9-15-40(33-43)44-18-10-19-46-45-17-7-8-20-48(45)59-54(44)46)42-28-23-37(24-29-42)39-25-30-47-51(34-39)58-49-31-32-50-53(52(47)49)56-55(60-50)38-13-5-2-6-14-38/h1-34H. The molecular formula is C55H34N2O3. The molecule has 0 spiro atoms. The summed E-state index contributed by atoms with van der Waals surface area (Å²) < 4.78 is 19.1. The van der Waals surface area contributed by atoms with Crippen molar-refractivity contribution in [1.82, 2.24) is 4.98 Å². The molecule has 3 aromatic heterocycles. The largest absolute Gasteiger partial charge is 0.456 e. The minimum Gasteiger partial charge on any atom is -0.456 e. The first-order valence-electron chi connectivity index (χ1n) is 20.1. The number of hydrogen-bond acceptors (Lipinski definition) is 5. The SMILES string of the molecule is c1ccc(-c2ccc(N(c3ccc(-c4ccc5c(c4)oc4ccc6oc(-c7ccccc7)nc6c45)cc3)c3cccc(-c4cccc5c4oc4ccccc45)c3)cc2)cc1. The highest BCUT2D eigenvalue weighted by Gasteiger charge is 2.19. The summed E-state index contributed by atoms with van der Waals surface area (Å²) in [5.74, 6) is 0.598. The van der Waals surface area contributed by atoms with E-state index in [0.29, 0.717) is 5.89 Å². The molecule has 0 aliphatic heterocycles. The number of rotatable bonds is 7. The van der Waals surface area contributed by atoms with Crippen molar-refractivity contribution in [1.29, 1.82) is 0 Å². The number of hydrogen-bond donors (Lipinski definition) is 0. The Labute approximate surface area is 345 Å². The lowest BCUT2D eigenvalue weighted by atomic mass is 10.0. The van der Waals surface area contributed by atoms with Gasteiger partial charge in [-0.05, 0) is 107 Å². The summed E-state index contributed by atoms with van der Waals surface area (Å²) in [6.45, 7) is 0. The molecule has 0 radical (unpaired) electrons. The number of para-hydroxylation sites is 2. The Morgan fingerprint density at radius 2 is 0.950 bits per heavy atom. The molecule has 0 aliphatic rings. The van der Waals surface area contributed by atoms with E-state index in [-0.39, 0.29) is 0 Å². The maximum absolute atomic E-state index is 6.47. The first-order chi connectivity index (χ1) is 29.7. The number of aromatic nitrogens is 1. The monoisotopic (exact) mass is 770 g/mol. The molecule has 282 valence electrons. The van der Waals surface area contributed by atoms with E-state index >= 15 is 0 Å². The van der Waals surface area contributed by atoms with Gasteiger partial charge in [-0.3, -0.25) is 0 Å². The van der Waals surface area contributed by atoms with Crippen LogP contribution in [0.2, 0.25) is 0 Å². The van der Waals surface area contributed by atoms with Crippen LogP contribution in [0.1, 0.15) is 0 Å². The zero-order chi connectivity index (χ0) is 39.6. The second kappa shape index (κ2) is 13.8. The van der Waals surface area contributed by atoms with Crippen molar-refractivity contribution in [2.45, 2.75) is 0 Å². The molecule has 3 heterocycles. The lowest BCUT2D eigenvalue weighted by molar-refractivity contribution is 0.619. The molecule has 0 bridgehead atoms. The smallest absolute Gasteiger partial charge is 0.227 e. The van der Waals surface area contributed by atoms with Gasteiger partial charge in [0.2, 0.25) is 5.89 Å². The van der Waals surface area contributed by atoms with Crippen LogP contribution < -0.4 is 4.90 Å². The van der Waals surface area contributed by atoms with Gasteiger partial charge in [-0.1, -0.05) is 127 Å². The Morgan fingerprint density at radius 1 is 0.333 bits per heavy atom. The first kappa shape index (κ1) is 33.9. The van der Waals surface area contributed by atoms with E-state index in [0.717, 1.165) is 99.9 Å². The van der Waals surface area contributed by atoms with Gasteiger partial charge in [-0.25, -0.2) is 4.98 Å². The highest BCUT2D eigenvalue weighted by molar-refractivity contribution is 6.17. The number of nitrogens with zero attached hydrogens (tertiary/aromatic N) is 2. The predicted octanol–water partition coefficient (Wildman–Crippen LogP) is 15.8. The minimum atomic E-state index is 0.598. The third kappa shape index (κ3) is 5.67. The van der Waals surface area contributed by atoms with E-state index < -0.39 is 0 Å². The fourth-order valence-electron chi connectivity index (χ4n) is 8.61. The fourth-order valence-corrected chi connectivity index (χ4v) is 8.61. The third-order valence-corrected chi connectivity index (χ3v) is 11.5. The Balaban J connectivity index is 0.932. The topological polar surface area (TPSA) is 55.6 Å². The highest BCUT2D eigenvalue weighted by atomic mass is 16.4. The molecule has 0 aliphatic carbocycles. The predicted molar refractivity (Wildman–Crippen MR) is 245 cm³/mol. The van der Waals surface area contributed by atoms with Gasteiger partial charge in [0.15, 0.2) is 5.58 Å². The zero-order valence-corrected chi connectivity index (χ0v) is 32.2. The van der Waals surface area contributed by atoms with E-state index in [9.17, 15) is 0 Å². The molecule has 0 N–H and O–H groups in total. The number of oxazole rings is 1. The Kier molecular flexibility index (Phi) is 7.78. The van der Waals surface area contributed by atoms with E-state index in [4.69, 9.17) is 18.2 Å². The van der Waals surface area contributed by atoms with Gasteiger partial charge < -0.3 is 18.2 Å². The minimum absolute atomic E-state index is 0.598. The van der Waals surface area contributed by atoms with Crippen LogP contribution in [0.15, 0.2) is 220 Å². The maximum Gasteiger partial charge on any atom is 0.227 e. The molecule has 0 amide bonds. The van der Waals surface area contributed by atoms with Crippen molar-refractivity contribution >= 4 is 72.0 Å². The number of furan rings is 2. The molecule has 0 atom stereocenters. The fraction of sp³-hybridized carbons (Fsp3) is 0. The van der Waals surface area contributed by atoms with Gasteiger partial charge in [0.25, 0.3) is 0 Å². The Bertz CT molecular complexity index is 3530.